The molecule has 0 spiro atoms. The standard InChI is InChI=1S/C28H30N2O6S2/c1-16-11-12-19-22(13-16)38-27(24(19)28(33)36-4)30-23(31)15-37-18-8-5-7-17(14-18)29-26(32)25-20(34-2)9-6-10-21(25)35-3/h5-10,14,16H,11-13,15H2,1-4H3,(H,29,32)(H,30,31). The lowest BCUT2D eigenvalue weighted by Crippen LogP contribution is -2.17. The van der Waals surface area contributed by atoms with E-state index in [4.69, 9.17) is 14.2 Å². The number of benzene rings is 2. The molecule has 1 heterocycles. The summed E-state index contributed by atoms with van der Waals surface area (Å²) in [5.74, 6) is 0.473. The fourth-order valence-electron chi connectivity index (χ4n) is 4.40. The number of thiophene rings is 1. The van der Waals surface area contributed by atoms with Gasteiger partial charge in [0.05, 0.1) is 32.6 Å². The van der Waals surface area contributed by atoms with E-state index in [0.717, 1.165) is 34.6 Å². The van der Waals surface area contributed by atoms with Crippen molar-refractivity contribution in [1.29, 1.82) is 0 Å². The largest absolute Gasteiger partial charge is 0.496 e. The van der Waals surface area contributed by atoms with Gasteiger partial charge in [0.1, 0.15) is 22.1 Å². The molecule has 1 atom stereocenters. The number of methoxy groups -OCH3 is 3. The fourth-order valence-corrected chi connectivity index (χ4v) is 6.57. The molecule has 10 heteroatoms. The van der Waals surface area contributed by atoms with Crippen molar-refractivity contribution >= 4 is 51.6 Å². The zero-order valence-corrected chi connectivity index (χ0v) is 23.3. The van der Waals surface area contributed by atoms with Crippen LogP contribution in [0.5, 0.6) is 11.5 Å². The Hall–Kier alpha value is -3.50. The summed E-state index contributed by atoms with van der Waals surface area (Å²) in [7, 11) is 4.34. The number of hydrogen-bond donors (Lipinski definition) is 2. The number of fused-ring (bicyclic) bond motifs is 1. The first-order valence-electron chi connectivity index (χ1n) is 12.1. The van der Waals surface area contributed by atoms with Gasteiger partial charge in [0.2, 0.25) is 5.91 Å². The number of carbonyl (C=O) groups is 3. The quantitative estimate of drug-likeness (QED) is 0.260. The van der Waals surface area contributed by atoms with Crippen LogP contribution in [0.25, 0.3) is 0 Å². The highest BCUT2D eigenvalue weighted by Gasteiger charge is 2.29. The number of anilines is 2. The van der Waals surface area contributed by atoms with Gasteiger partial charge in [-0.25, -0.2) is 4.79 Å². The Balaban J connectivity index is 1.42. The molecule has 1 aromatic heterocycles. The van der Waals surface area contributed by atoms with Gasteiger partial charge in [0, 0.05) is 15.5 Å². The van der Waals surface area contributed by atoms with Crippen LogP contribution in [0.15, 0.2) is 47.4 Å². The van der Waals surface area contributed by atoms with Crippen molar-refractivity contribution in [2.75, 3.05) is 37.7 Å². The van der Waals surface area contributed by atoms with E-state index in [0.29, 0.717) is 39.2 Å². The van der Waals surface area contributed by atoms with Crippen LogP contribution in [0.1, 0.15) is 44.5 Å². The minimum Gasteiger partial charge on any atom is -0.496 e. The van der Waals surface area contributed by atoms with Crippen LogP contribution in [0.2, 0.25) is 0 Å². The Kier molecular flexibility index (Phi) is 8.96. The average molecular weight is 555 g/mol. The van der Waals surface area contributed by atoms with E-state index in [9.17, 15) is 14.4 Å². The molecule has 1 unspecified atom stereocenters. The Labute approximate surface area is 230 Å². The van der Waals surface area contributed by atoms with Crippen LogP contribution < -0.4 is 20.1 Å². The summed E-state index contributed by atoms with van der Waals surface area (Å²) in [5.41, 5.74) is 2.35. The Morgan fingerprint density at radius 2 is 1.71 bits per heavy atom. The zero-order valence-electron chi connectivity index (χ0n) is 21.7. The number of nitrogens with one attached hydrogen (secondary N) is 2. The maximum atomic E-state index is 13.0. The number of carbonyl (C=O) groups excluding carboxylic acids is 3. The maximum Gasteiger partial charge on any atom is 0.341 e. The molecule has 200 valence electrons. The van der Waals surface area contributed by atoms with Gasteiger partial charge in [0.25, 0.3) is 5.91 Å². The summed E-state index contributed by atoms with van der Waals surface area (Å²) in [4.78, 5) is 40.3. The van der Waals surface area contributed by atoms with E-state index in [-0.39, 0.29) is 17.6 Å². The van der Waals surface area contributed by atoms with Gasteiger partial charge in [-0.15, -0.1) is 23.1 Å². The van der Waals surface area contributed by atoms with Gasteiger partial charge in [-0.05, 0) is 61.1 Å². The molecule has 4 rings (SSSR count). The minimum absolute atomic E-state index is 0.136. The second kappa shape index (κ2) is 12.4. The van der Waals surface area contributed by atoms with Gasteiger partial charge in [0.15, 0.2) is 0 Å². The van der Waals surface area contributed by atoms with Crippen LogP contribution in [0.3, 0.4) is 0 Å². The van der Waals surface area contributed by atoms with Crippen molar-refractivity contribution in [3.8, 4) is 11.5 Å². The van der Waals surface area contributed by atoms with Crippen molar-refractivity contribution in [3.05, 3.63) is 64.0 Å². The molecule has 0 fully saturated rings. The van der Waals surface area contributed by atoms with Gasteiger partial charge >= 0.3 is 5.97 Å². The summed E-state index contributed by atoms with van der Waals surface area (Å²) in [6, 6.07) is 12.4. The van der Waals surface area contributed by atoms with E-state index in [1.54, 1.807) is 36.4 Å². The van der Waals surface area contributed by atoms with E-state index in [1.165, 1.54) is 44.4 Å². The number of amides is 2. The van der Waals surface area contributed by atoms with Crippen LogP contribution >= 0.6 is 23.1 Å². The number of thioether (sulfide) groups is 1. The van der Waals surface area contributed by atoms with Crippen molar-refractivity contribution < 1.29 is 28.6 Å². The highest BCUT2D eigenvalue weighted by Crippen LogP contribution is 2.40. The molecule has 2 aromatic carbocycles. The molecular formula is C28H30N2O6S2. The third kappa shape index (κ3) is 6.14. The first kappa shape index (κ1) is 27.5. The second-order valence-electron chi connectivity index (χ2n) is 8.90. The number of ether oxygens (including phenoxy) is 3. The molecule has 1 aliphatic carbocycles. The molecule has 2 amide bonds. The van der Waals surface area contributed by atoms with Crippen molar-refractivity contribution in [3.63, 3.8) is 0 Å². The highest BCUT2D eigenvalue weighted by molar-refractivity contribution is 8.00. The first-order chi connectivity index (χ1) is 18.3. The maximum absolute atomic E-state index is 13.0. The van der Waals surface area contributed by atoms with E-state index >= 15 is 0 Å². The van der Waals surface area contributed by atoms with Crippen molar-refractivity contribution in [1.82, 2.24) is 0 Å². The Morgan fingerprint density at radius 1 is 1.00 bits per heavy atom. The Bertz CT molecular complexity index is 1330. The van der Waals surface area contributed by atoms with Crippen LogP contribution in [-0.4, -0.2) is 44.9 Å². The molecule has 8 nitrogen and oxygen atoms in total. The second-order valence-corrected chi connectivity index (χ2v) is 11.1. The molecule has 0 radical (unpaired) electrons. The normalized spacial score (nSPS) is 14.3. The lowest BCUT2D eigenvalue weighted by Gasteiger charge is -2.18. The molecule has 38 heavy (non-hydrogen) atoms. The SMILES string of the molecule is COC(=O)c1c(NC(=O)CSc2cccc(NC(=O)c3c(OC)cccc3OC)c2)sc2c1CCC(C)C2. The monoisotopic (exact) mass is 554 g/mol. The number of rotatable bonds is 9. The average Bonchev–Trinajstić information content (AvgIpc) is 3.27. The molecule has 0 bridgehead atoms. The topological polar surface area (TPSA) is 103 Å². The van der Waals surface area contributed by atoms with Crippen LogP contribution in [0.4, 0.5) is 10.7 Å². The summed E-state index contributed by atoms with van der Waals surface area (Å²) in [6.45, 7) is 2.19. The molecule has 0 aliphatic heterocycles. The van der Waals surface area contributed by atoms with Gasteiger partial charge in [-0.2, -0.15) is 0 Å². The molecule has 0 saturated carbocycles. The fraction of sp³-hybridized carbons (Fsp3) is 0.321. The summed E-state index contributed by atoms with van der Waals surface area (Å²) in [5, 5.41) is 6.34. The zero-order chi connectivity index (χ0) is 27.2. The van der Waals surface area contributed by atoms with Crippen LogP contribution in [0, 0.1) is 5.92 Å². The highest BCUT2D eigenvalue weighted by atomic mass is 32.2. The lowest BCUT2D eigenvalue weighted by molar-refractivity contribution is -0.113. The number of hydrogen-bond acceptors (Lipinski definition) is 8. The minimum atomic E-state index is -0.421. The van der Waals surface area contributed by atoms with E-state index in [2.05, 4.69) is 17.6 Å². The first-order valence-corrected chi connectivity index (χ1v) is 13.9. The molecule has 2 N–H and O–H groups in total. The lowest BCUT2D eigenvalue weighted by atomic mass is 9.88. The Morgan fingerprint density at radius 3 is 2.39 bits per heavy atom. The predicted molar refractivity (Wildman–Crippen MR) is 150 cm³/mol. The van der Waals surface area contributed by atoms with Gasteiger partial charge in [-0.1, -0.05) is 19.1 Å². The molecule has 1 aliphatic rings. The van der Waals surface area contributed by atoms with E-state index < -0.39 is 5.97 Å². The summed E-state index contributed by atoms with van der Waals surface area (Å²) in [6.07, 6.45) is 2.71. The molecule has 0 saturated heterocycles. The van der Waals surface area contributed by atoms with Crippen LogP contribution in [-0.2, 0) is 22.4 Å². The third-order valence-corrected chi connectivity index (χ3v) is 8.43. The summed E-state index contributed by atoms with van der Waals surface area (Å²) < 4.78 is 15.7. The molecule has 3 aromatic rings. The predicted octanol–water partition coefficient (Wildman–Crippen LogP) is 5.66. The molecular weight excluding hydrogens is 524 g/mol. The van der Waals surface area contributed by atoms with Gasteiger partial charge < -0.3 is 24.8 Å². The van der Waals surface area contributed by atoms with Crippen molar-refractivity contribution in [2.45, 2.75) is 31.1 Å². The summed E-state index contributed by atoms with van der Waals surface area (Å²) >= 11 is 2.79. The smallest absolute Gasteiger partial charge is 0.341 e. The van der Waals surface area contributed by atoms with E-state index in [1.807, 2.05) is 6.07 Å². The van der Waals surface area contributed by atoms with Gasteiger partial charge in [-0.3, -0.25) is 9.59 Å². The third-order valence-electron chi connectivity index (χ3n) is 6.27. The number of esters is 1. The van der Waals surface area contributed by atoms with Crippen molar-refractivity contribution in [2.24, 2.45) is 5.92 Å².